The van der Waals surface area contributed by atoms with Crippen LogP contribution in [0.5, 0.6) is 23.0 Å². The molecule has 210 valence electrons. The van der Waals surface area contributed by atoms with Crippen molar-refractivity contribution in [3.05, 3.63) is 157 Å². The van der Waals surface area contributed by atoms with Crippen molar-refractivity contribution >= 4 is 23.8 Å². The van der Waals surface area contributed by atoms with E-state index in [0.717, 1.165) is 33.6 Å². The van der Waals surface area contributed by atoms with E-state index in [1.165, 1.54) is 0 Å². The minimum Gasteiger partial charge on any atom is -0.507 e. The first-order chi connectivity index (χ1) is 21.1. The van der Waals surface area contributed by atoms with Crippen molar-refractivity contribution in [2.45, 2.75) is 0 Å². The first-order valence-electron chi connectivity index (χ1n) is 13.8. The second-order valence-electron chi connectivity index (χ2n) is 9.89. The molecule has 5 nitrogen and oxygen atoms in total. The normalized spacial score (nSPS) is 11.0. The third-order valence-corrected chi connectivity index (χ3v) is 6.88. The van der Waals surface area contributed by atoms with E-state index in [1.807, 2.05) is 133 Å². The van der Waals surface area contributed by atoms with Crippen LogP contribution in [0.15, 0.2) is 156 Å². The van der Waals surface area contributed by atoms with Gasteiger partial charge in [0.05, 0.1) is 11.4 Å². The first kappa shape index (κ1) is 30.2. The fourth-order valence-corrected chi connectivity index (χ4v) is 4.56. The number of hydrogen-bond acceptors (Lipinski definition) is 5. The maximum Gasteiger partial charge on any atom is 0.127 e. The number of nitrogens with zero attached hydrogens (tertiary/aromatic N) is 2. The molecule has 6 heteroatoms. The SMILES string of the molecule is Oc1ccc(-c2ccccc2)cc1C=Nc1ccc(Oc2ccc(N=Cc3cc(-c4ccccc4)ccc3O)cc2)cc1.[Zn]. The third kappa shape index (κ3) is 7.54. The maximum absolute atomic E-state index is 10.3. The number of phenols is 2. The summed E-state index contributed by atoms with van der Waals surface area (Å²) < 4.78 is 6.00. The molecule has 44 heavy (non-hydrogen) atoms. The van der Waals surface area contributed by atoms with Gasteiger partial charge in [0.15, 0.2) is 0 Å². The topological polar surface area (TPSA) is 74.4 Å². The molecule has 6 rings (SSSR count). The molecule has 0 aliphatic carbocycles. The van der Waals surface area contributed by atoms with Crippen molar-refractivity contribution in [3.8, 4) is 45.3 Å². The predicted octanol–water partition coefficient (Wildman–Crippen LogP) is 9.72. The second-order valence-corrected chi connectivity index (χ2v) is 9.89. The zero-order valence-corrected chi connectivity index (χ0v) is 26.9. The van der Waals surface area contributed by atoms with E-state index in [1.54, 1.807) is 24.6 Å². The molecule has 0 spiro atoms. The molecule has 0 saturated carbocycles. The number of phenolic OH excluding ortho intramolecular Hbond substituents is 2. The molecule has 2 N–H and O–H groups in total. The molecule has 0 heterocycles. The van der Waals surface area contributed by atoms with Gasteiger partial charge in [0, 0.05) is 43.0 Å². The van der Waals surface area contributed by atoms with Crippen LogP contribution < -0.4 is 4.74 Å². The van der Waals surface area contributed by atoms with Gasteiger partial charge >= 0.3 is 0 Å². The van der Waals surface area contributed by atoms with Crippen molar-refractivity contribution < 1.29 is 34.4 Å². The van der Waals surface area contributed by atoms with Gasteiger partial charge in [-0.25, -0.2) is 0 Å². The minimum absolute atomic E-state index is 0. The van der Waals surface area contributed by atoms with Crippen LogP contribution in [-0.2, 0) is 19.5 Å². The van der Waals surface area contributed by atoms with Gasteiger partial charge in [0.1, 0.15) is 23.0 Å². The average Bonchev–Trinajstić information content (AvgIpc) is 3.06. The number of hydrogen-bond donors (Lipinski definition) is 2. The van der Waals surface area contributed by atoms with Crippen molar-refractivity contribution in [2.24, 2.45) is 9.98 Å². The molecule has 0 saturated heterocycles. The van der Waals surface area contributed by atoms with Crippen molar-refractivity contribution in [1.29, 1.82) is 0 Å². The summed E-state index contributed by atoms with van der Waals surface area (Å²) in [5.41, 5.74) is 6.93. The van der Waals surface area contributed by atoms with Crippen LogP contribution in [0.1, 0.15) is 11.1 Å². The molecule has 0 bridgehead atoms. The number of aromatic hydroxyl groups is 2. The van der Waals surface area contributed by atoms with Crippen LogP contribution in [0, 0.1) is 0 Å². The molecule has 0 aliphatic heterocycles. The zero-order valence-electron chi connectivity index (χ0n) is 23.9. The summed E-state index contributed by atoms with van der Waals surface area (Å²) >= 11 is 0. The molecule has 6 aromatic carbocycles. The van der Waals surface area contributed by atoms with Crippen molar-refractivity contribution in [2.75, 3.05) is 0 Å². The number of benzene rings is 6. The van der Waals surface area contributed by atoms with Crippen LogP contribution in [0.25, 0.3) is 22.3 Å². The molecule has 0 atom stereocenters. The predicted molar refractivity (Wildman–Crippen MR) is 175 cm³/mol. The van der Waals surface area contributed by atoms with Gasteiger partial charge in [0.25, 0.3) is 0 Å². The third-order valence-electron chi connectivity index (χ3n) is 6.88. The molecule has 0 unspecified atom stereocenters. The van der Waals surface area contributed by atoms with Gasteiger partial charge in [0.2, 0.25) is 0 Å². The number of ether oxygens (including phenoxy) is 1. The minimum atomic E-state index is 0. The van der Waals surface area contributed by atoms with Gasteiger partial charge in [-0.2, -0.15) is 0 Å². The number of aliphatic imine (C=N–C) groups is 2. The van der Waals surface area contributed by atoms with E-state index in [0.29, 0.717) is 22.6 Å². The molecule has 0 radical (unpaired) electrons. The summed E-state index contributed by atoms with van der Waals surface area (Å²) in [6.45, 7) is 0. The average molecular weight is 626 g/mol. The van der Waals surface area contributed by atoms with E-state index in [9.17, 15) is 10.2 Å². The Morgan fingerprint density at radius 3 is 1.20 bits per heavy atom. The fourth-order valence-electron chi connectivity index (χ4n) is 4.56. The van der Waals surface area contributed by atoms with E-state index < -0.39 is 0 Å². The van der Waals surface area contributed by atoms with Crippen LogP contribution in [-0.4, -0.2) is 22.6 Å². The Bertz CT molecular complexity index is 1750. The summed E-state index contributed by atoms with van der Waals surface area (Å²) in [5.74, 6) is 1.70. The first-order valence-corrected chi connectivity index (χ1v) is 13.8. The van der Waals surface area contributed by atoms with Gasteiger partial charge in [-0.1, -0.05) is 72.8 Å². The molecular weight excluding hydrogens is 598 g/mol. The largest absolute Gasteiger partial charge is 0.507 e. The van der Waals surface area contributed by atoms with Gasteiger partial charge in [-0.15, -0.1) is 0 Å². The standard InChI is InChI=1S/C38H28N2O3.Zn/c41-37-21-11-29(27-7-3-1-4-8-27)23-31(37)25-39-33-13-17-35(18-14-33)43-36-19-15-34(16-20-36)40-26-32-24-30(12-22-38(32)42)28-9-5-2-6-10-28;/h1-26,41-42H;. The van der Waals surface area contributed by atoms with E-state index in [4.69, 9.17) is 4.74 Å². The Hall–Kier alpha value is -5.32. The maximum atomic E-state index is 10.3. The summed E-state index contributed by atoms with van der Waals surface area (Å²) in [6, 6.07) is 45.9. The van der Waals surface area contributed by atoms with Crippen LogP contribution in [0.2, 0.25) is 0 Å². The van der Waals surface area contributed by atoms with Gasteiger partial charge in [-0.3, -0.25) is 9.98 Å². The Kier molecular flexibility index (Phi) is 9.76. The van der Waals surface area contributed by atoms with Crippen LogP contribution in [0.3, 0.4) is 0 Å². The summed E-state index contributed by atoms with van der Waals surface area (Å²) in [6.07, 6.45) is 3.32. The van der Waals surface area contributed by atoms with Crippen LogP contribution >= 0.6 is 0 Å². The molecular formula is C38H28N2O3Zn. The molecule has 0 aromatic heterocycles. The molecule has 0 amide bonds. The van der Waals surface area contributed by atoms with Gasteiger partial charge < -0.3 is 14.9 Å². The smallest absolute Gasteiger partial charge is 0.127 e. The molecule has 0 fully saturated rings. The molecule has 6 aromatic rings. The van der Waals surface area contributed by atoms with Crippen LogP contribution in [0.4, 0.5) is 11.4 Å². The van der Waals surface area contributed by atoms with Crippen molar-refractivity contribution in [1.82, 2.24) is 0 Å². The van der Waals surface area contributed by atoms with Gasteiger partial charge in [-0.05, 0) is 95.1 Å². The number of rotatable bonds is 8. The van der Waals surface area contributed by atoms with E-state index >= 15 is 0 Å². The van der Waals surface area contributed by atoms with E-state index in [2.05, 4.69) is 9.98 Å². The van der Waals surface area contributed by atoms with Crippen molar-refractivity contribution in [3.63, 3.8) is 0 Å². The zero-order chi connectivity index (χ0) is 29.4. The Labute approximate surface area is 269 Å². The fraction of sp³-hybridized carbons (Fsp3) is 0. The Morgan fingerprint density at radius 1 is 0.432 bits per heavy atom. The second kappa shape index (κ2) is 14.2. The Morgan fingerprint density at radius 2 is 0.818 bits per heavy atom. The summed E-state index contributed by atoms with van der Waals surface area (Å²) in [5, 5.41) is 20.6. The molecule has 0 aliphatic rings. The summed E-state index contributed by atoms with van der Waals surface area (Å²) in [4.78, 5) is 9.06. The summed E-state index contributed by atoms with van der Waals surface area (Å²) in [7, 11) is 0. The quantitative estimate of drug-likeness (QED) is 0.131. The van der Waals surface area contributed by atoms with E-state index in [-0.39, 0.29) is 31.0 Å². The Balaban J connectivity index is 0.00000384. The monoisotopic (exact) mass is 624 g/mol.